The summed E-state index contributed by atoms with van der Waals surface area (Å²) in [5.74, 6) is -1.67. The van der Waals surface area contributed by atoms with Crippen molar-refractivity contribution in [3.63, 3.8) is 0 Å². The highest BCUT2D eigenvalue weighted by Gasteiger charge is 2.33. The van der Waals surface area contributed by atoms with Crippen LogP contribution in [0.2, 0.25) is 0 Å². The second-order valence-corrected chi connectivity index (χ2v) is 9.76. The molecule has 1 aliphatic heterocycles. The van der Waals surface area contributed by atoms with Gasteiger partial charge in [0.25, 0.3) is 5.56 Å². The van der Waals surface area contributed by atoms with Crippen molar-refractivity contribution in [3.05, 3.63) is 117 Å². The van der Waals surface area contributed by atoms with Crippen molar-refractivity contribution >= 4 is 0 Å². The summed E-state index contributed by atoms with van der Waals surface area (Å²) < 4.78 is 31.6. The normalized spacial score (nSPS) is 14.2. The summed E-state index contributed by atoms with van der Waals surface area (Å²) in [5, 5.41) is 15.5. The molecule has 2 aromatic carbocycles. The Morgan fingerprint density at radius 1 is 1.08 bits per heavy atom. The smallest absolute Gasteiger partial charge is 0.261 e. The molecule has 0 saturated heterocycles. The van der Waals surface area contributed by atoms with E-state index in [0.717, 1.165) is 33.9 Å². The van der Waals surface area contributed by atoms with Crippen LogP contribution in [0, 0.1) is 18.6 Å². The van der Waals surface area contributed by atoms with Crippen molar-refractivity contribution in [2.24, 2.45) is 0 Å². The van der Waals surface area contributed by atoms with Gasteiger partial charge in [0, 0.05) is 49.6 Å². The maximum atomic E-state index is 14.2. The monoisotopic (exact) mass is 525 g/mol. The summed E-state index contributed by atoms with van der Waals surface area (Å²) in [5.41, 5.74) is 5.11. The predicted octanol–water partition coefficient (Wildman–Crippen LogP) is 5.22. The topological polar surface area (TPSA) is 85.8 Å². The molecule has 1 aliphatic rings. The van der Waals surface area contributed by atoms with Crippen LogP contribution in [-0.4, -0.2) is 29.4 Å². The molecule has 9 heteroatoms. The Morgan fingerprint density at radius 3 is 2.51 bits per heavy atom. The molecule has 3 aromatic heterocycles. The van der Waals surface area contributed by atoms with Crippen LogP contribution in [0.5, 0.6) is 5.88 Å². The van der Waals surface area contributed by atoms with E-state index in [4.69, 9.17) is 0 Å². The Labute approximate surface area is 223 Å². The van der Waals surface area contributed by atoms with E-state index >= 15 is 0 Å². The van der Waals surface area contributed by atoms with Gasteiger partial charge in [0.15, 0.2) is 5.82 Å². The van der Waals surface area contributed by atoms with E-state index in [1.165, 1.54) is 16.7 Å². The number of aryl methyl sites for hydroxylation is 2. The molecule has 0 spiro atoms. The van der Waals surface area contributed by atoms with Crippen LogP contribution in [0.25, 0.3) is 22.6 Å². The van der Waals surface area contributed by atoms with E-state index in [9.17, 15) is 18.7 Å². The zero-order chi connectivity index (χ0) is 27.3. The van der Waals surface area contributed by atoms with E-state index in [2.05, 4.69) is 15.1 Å². The highest BCUT2D eigenvalue weighted by molar-refractivity contribution is 5.66. The van der Waals surface area contributed by atoms with E-state index in [1.807, 2.05) is 50.4 Å². The highest BCUT2D eigenvalue weighted by atomic mass is 19.1. The molecule has 6 rings (SSSR count). The molecule has 5 aromatic rings. The van der Waals surface area contributed by atoms with Crippen molar-refractivity contribution in [2.75, 3.05) is 0 Å². The third kappa shape index (κ3) is 4.39. The average molecular weight is 526 g/mol. The van der Waals surface area contributed by atoms with Crippen molar-refractivity contribution in [1.29, 1.82) is 0 Å². The fraction of sp³-hybridized carbons (Fsp3) is 0.200. The minimum absolute atomic E-state index is 0.104. The van der Waals surface area contributed by atoms with Crippen molar-refractivity contribution in [3.8, 4) is 28.5 Å². The molecule has 0 amide bonds. The van der Waals surface area contributed by atoms with E-state index in [1.54, 1.807) is 17.1 Å². The van der Waals surface area contributed by atoms with Gasteiger partial charge in [-0.3, -0.25) is 19.0 Å². The Kier molecular flexibility index (Phi) is 6.06. The molecule has 1 atom stereocenters. The maximum Gasteiger partial charge on any atom is 0.261 e. The quantitative estimate of drug-likeness (QED) is 0.340. The first-order valence-corrected chi connectivity index (χ1v) is 12.7. The first-order chi connectivity index (χ1) is 18.8. The van der Waals surface area contributed by atoms with Crippen LogP contribution < -0.4 is 5.56 Å². The number of aromatic hydroxyl groups is 1. The minimum atomic E-state index is -0.730. The number of pyridine rings is 1. The first-order valence-electron chi connectivity index (χ1n) is 12.7. The highest BCUT2D eigenvalue weighted by Crippen LogP contribution is 2.36. The summed E-state index contributed by atoms with van der Waals surface area (Å²) >= 11 is 0. The number of benzene rings is 2. The van der Waals surface area contributed by atoms with Gasteiger partial charge in [0.1, 0.15) is 17.3 Å². The van der Waals surface area contributed by atoms with Gasteiger partial charge >= 0.3 is 0 Å². The van der Waals surface area contributed by atoms with Crippen molar-refractivity contribution < 1.29 is 13.9 Å². The Bertz CT molecular complexity index is 1760. The number of aromatic nitrogens is 5. The lowest BCUT2D eigenvalue weighted by atomic mass is 9.94. The summed E-state index contributed by atoms with van der Waals surface area (Å²) in [4.78, 5) is 22.5. The molecule has 0 unspecified atom stereocenters. The van der Waals surface area contributed by atoms with Gasteiger partial charge in [-0.25, -0.2) is 8.78 Å². The van der Waals surface area contributed by atoms with Gasteiger partial charge in [0.05, 0.1) is 11.6 Å². The van der Waals surface area contributed by atoms with Gasteiger partial charge in [-0.1, -0.05) is 24.3 Å². The number of fused-ring (bicyclic) bond motifs is 3. The van der Waals surface area contributed by atoms with Crippen LogP contribution in [0.15, 0.2) is 71.9 Å². The number of rotatable bonds is 5. The third-order valence-electron chi connectivity index (χ3n) is 7.22. The van der Waals surface area contributed by atoms with Crippen LogP contribution >= 0.6 is 0 Å². The lowest BCUT2D eigenvalue weighted by Crippen LogP contribution is -2.34. The van der Waals surface area contributed by atoms with Gasteiger partial charge in [-0.2, -0.15) is 10.1 Å². The lowest BCUT2D eigenvalue weighted by Gasteiger charge is -2.27. The van der Waals surface area contributed by atoms with Crippen LogP contribution in [0.1, 0.15) is 40.8 Å². The molecule has 1 N–H and O–H groups in total. The predicted molar refractivity (Wildman–Crippen MR) is 142 cm³/mol. The molecule has 0 fully saturated rings. The van der Waals surface area contributed by atoms with Crippen molar-refractivity contribution in [1.82, 2.24) is 24.3 Å². The molecule has 196 valence electrons. The second kappa shape index (κ2) is 9.58. The first kappa shape index (κ1) is 24.7. The fourth-order valence-electron chi connectivity index (χ4n) is 5.27. The van der Waals surface area contributed by atoms with E-state index in [0.29, 0.717) is 24.2 Å². The zero-order valence-electron chi connectivity index (χ0n) is 21.4. The van der Waals surface area contributed by atoms with Crippen molar-refractivity contribution in [2.45, 2.75) is 39.3 Å². The molecule has 39 heavy (non-hydrogen) atoms. The van der Waals surface area contributed by atoms with Gasteiger partial charge in [-0.05, 0) is 59.9 Å². The van der Waals surface area contributed by atoms with Gasteiger partial charge < -0.3 is 5.11 Å². The third-order valence-corrected chi connectivity index (χ3v) is 7.22. The molecule has 7 nitrogen and oxygen atoms in total. The molecule has 0 saturated carbocycles. The molecule has 0 radical (unpaired) electrons. The van der Waals surface area contributed by atoms with Gasteiger partial charge in [-0.15, -0.1) is 0 Å². The summed E-state index contributed by atoms with van der Waals surface area (Å²) in [6.45, 7) is 4.51. The Morgan fingerprint density at radius 2 is 1.82 bits per heavy atom. The molecule has 0 aliphatic carbocycles. The number of nitrogens with zero attached hydrogens (tertiary/aromatic N) is 5. The molecular weight excluding hydrogens is 500 g/mol. The number of hydrogen-bond acceptors (Lipinski definition) is 5. The summed E-state index contributed by atoms with van der Waals surface area (Å²) in [7, 11) is 0. The Hall–Kier alpha value is -4.66. The Balaban J connectivity index is 1.45. The second-order valence-electron chi connectivity index (χ2n) is 9.76. The van der Waals surface area contributed by atoms with E-state index < -0.39 is 23.2 Å². The summed E-state index contributed by atoms with van der Waals surface area (Å²) in [6, 6.07) is 12.2. The summed E-state index contributed by atoms with van der Waals surface area (Å²) in [6.07, 6.45) is 5.82. The zero-order valence-corrected chi connectivity index (χ0v) is 21.4. The number of hydrogen-bond donors (Lipinski definition) is 1. The SMILES string of the molecule is CCn1cc2c(n1)-c1nc(O)c(Cc3ccc(-c4ccncc4C)cc3)c(=O)n1[C@H](c1cc(F)cc(F)c1)C2. The molecule has 4 heterocycles. The van der Waals surface area contributed by atoms with Crippen LogP contribution in [0.4, 0.5) is 8.78 Å². The molecular formula is C30H25F2N5O2. The molecule has 0 bridgehead atoms. The number of halogens is 2. The van der Waals surface area contributed by atoms with Gasteiger partial charge in [0.2, 0.25) is 5.88 Å². The largest absolute Gasteiger partial charge is 0.493 e. The standard InChI is InChI=1S/C30H25F2N5O2/c1-3-36-16-21-13-26(20-11-22(31)14-23(32)12-20)37-28(27(21)35-36)34-29(38)25(30(37)39)10-18-4-6-19(7-5-18)24-8-9-33-15-17(24)2/h4-9,11-12,14-16,26,38H,3,10,13H2,1-2H3/t26-/m0/s1. The maximum absolute atomic E-state index is 14.2. The van der Waals surface area contributed by atoms with Crippen LogP contribution in [0.3, 0.4) is 0 Å². The lowest BCUT2D eigenvalue weighted by molar-refractivity contribution is 0.432. The average Bonchev–Trinajstić information content (AvgIpc) is 3.34. The van der Waals surface area contributed by atoms with E-state index in [-0.39, 0.29) is 23.7 Å². The fourth-order valence-corrected chi connectivity index (χ4v) is 5.27. The van der Waals surface area contributed by atoms with Crippen LogP contribution in [-0.2, 0) is 19.4 Å². The minimum Gasteiger partial charge on any atom is -0.493 e.